The third-order valence-electron chi connectivity index (χ3n) is 2.55. The monoisotopic (exact) mass is 302 g/mol. The Morgan fingerprint density at radius 3 is 2.67 bits per heavy atom. The zero-order chi connectivity index (χ0) is 13.3. The minimum Gasteiger partial charge on any atom is -0.388 e. The van der Waals surface area contributed by atoms with Crippen LogP contribution in [0, 0.1) is 6.92 Å². The van der Waals surface area contributed by atoms with Gasteiger partial charge in [-0.05, 0) is 26.0 Å². The Labute approximate surface area is 120 Å². The number of anilines is 1. The summed E-state index contributed by atoms with van der Waals surface area (Å²) in [7, 11) is 2.00. The predicted octanol–water partition coefficient (Wildman–Crippen LogP) is 3.86. The first-order valence-corrected chi connectivity index (χ1v) is 7.59. The predicted molar refractivity (Wildman–Crippen MR) is 78.9 cm³/mol. The highest BCUT2D eigenvalue weighted by molar-refractivity contribution is 7.16. The van der Waals surface area contributed by atoms with Crippen LogP contribution in [-0.4, -0.2) is 17.1 Å². The highest BCUT2D eigenvalue weighted by atomic mass is 35.5. The first-order chi connectivity index (χ1) is 8.47. The summed E-state index contributed by atoms with van der Waals surface area (Å²) in [5.41, 5.74) is 0.904. The van der Waals surface area contributed by atoms with Gasteiger partial charge in [-0.3, -0.25) is 0 Å². The van der Waals surface area contributed by atoms with Crippen LogP contribution in [0.4, 0.5) is 5.13 Å². The summed E-state index contributed by atoms with van der Waals surface area (Å²) >= 11 is 9.03. The molecule has 0 aliphatic rings. The summed E-state index contributed by atoms with van der Waals surface area (Å²) in [6.07, 6.45) is -0.458. The standard InChI is InChI=1S/C12H15ClN2OS2/c1-7-11(8(2)16)18-12(14-7)15(3)6-9-4-5-10(13)17-9/h4-5,8,16H,6H2,1-3H3. The van der Waals surface area contributed by atoms with Crippen molar-refractivity contribution in [3.63, 3.8) is 0 Å². The number of thiophene rings is 1. The number of hydrogen-bond donors (Lipinski definition) is 1. The molecule has 6 heteroatoms. The number of aromatic nitrogens is 1. The average Bonchev–Trinajstić information content (AvgIpc) is 2.85. The van der Waals surface area contributed by atoms with Crippen LogP contribution in [-0.2, 0) is 6.54 Å². The van der Waals surface area contributed by atoms with Crippen molar-refractivity contribution in [3.8, 4) is 0 Å². The van der Waals surface area contributed by atoms with Gasteiger partial charge in [-0.25, -0.2) is 4.98 Å². The molecular formula is C12H15ClN2OS2. The van der Waals surface area contributed by atoms with Gasteiger partial charge in [-0.1, -0.05) is 22.9 Å². The molecule has 1 N–H and O–H groups in total. The summed E-state index contributed by atoms with van der Waals surface area (Å²) in [5, 5.41) is 10.6. The second-order valence-corrected chi connectivity index (χ2v) is 6.99. The second kappa shape index (κ2) is 5.57. The molecule has 1 unspecified atom stereocenters. The molecular weight excluding hydrogens is 288 g/mol. The van der Waals surface area contributed by atoms with Crippen molar-refractivity contribution in [1.29, 1.82) is 0 Å². The van der Waals surface area contributed by atoms with E-state index in [1.54, 1.807) is 18.3 Å². The summed E-state index contributed by atoms with van der Waals surface area (Å²) in [4.78, 5) is 8.70. The molecule has 0 aromatic carbocycles. The van der Waals surface area contributed by atoms with Gasteiger partial charge in [0.25, 0.3) is 0 Å². The van der Waals surface area contributed by atoms with Gasteiger partial charge in [0.05, 0.1) is 27.6 Å². The van der Waals surface area contributed by atoms with Gasteiger partial charge in [0.15, 0.2) is 5.13 Å². The largest absolute Gasteiger partial charge is 0.388 e. The van der Waals surface area contributed by atoms with Gasteiger partial charge < -0.3 is 10.0 Å². The maximum atomic E-state index is 9.63. The SMILES string of the molecule is Cc1nc(N(C)Cc2ccc(Cl)s2)sc1C(C)O. The lowest BCUT2D eigenvalue weighted by Gasteiger charge is -2.14. The summed E-state index contributed by atoms with van der Waals surface area (Å²) in [6, 6.07) is 3.93. The Balaban J connectivity index is 2.13. The molecule has 0 aliphatic carbocycles. The summed E-state index contributed by atoms with van der Waals surface area (Å²) in [6.45, 7) is 4.48. The van der Waals surface area contributed by atoms with E-state index in [4.69, 9.17) is 11.6 Å². The highest BCUT2D eigenvalue weighted by Crippen LogP contribution is 2.31. The maximum absolute atomic E-state index is 9.63. The molecule has 2 aromatic heterocycles. The number of nitrogens with zero attached hydrogens (tertiary/aromatic N) is 2. The lowest BCUT2D eigenvalue weighted by molar-refractivity contribution is 0.202. The first kappa shape index (κ1) is 13.8. The van der Waals surface area contributed by atoms with Gasteiger partial charge in [0.2, 0.25) is 0 Å². The van der Waals surface area contributed by atoms with Crippen LogP contribution >= 0.6 is 34.3 Å². The Bertz CT molecular complexity index is 536. The van der Waals surface area contributed by atoms with E-state index in [1.807, 2.05) is 26.1 Å². The van der Waals surface area contributed by atoms with Gasteiger partial charge in [0.1, 0.15) is 0 Å². The van der Waals surface area contributed by atoms with E-state index in [0.29, 0.717) is 0 Å². The van der Waals surface area contributed by atoms with Crippen molar-refractivity contribution < 1.29 is 5.11 Å². The normalized spacial score (nSPS) is 12.7. The molecule has 0 saturated heterocycles. The maximum Gasteiger partial charge on any atom is 0.185 e. The van der Waals surface area contributed by atoms with E-state index in [2.05, 4.69) is 9.88 Å². The molecule has 98 valence electrons. The lowest BCUT2D eigenvalue weighted by atomic mass is 10.3. The highest BCUT2D eigenvalue weighted by Gasteiger charge is 2.15. The Hall–Kier alpha value is -0.620. The topological polar surface area (TPSA) is 36.4 Å². The van der Waals surface area contributed by atoms with E-state index in [1.165, 1.54) is 16.2 Å². The number of aliphatic hydroxyl groups is 1. The zero-order valence-corrected chi connectivity index (χ0v) is 12.9. The fourth-order valence-corrected chi connectivity index (χ4v) is 3.79. The second-order valence-electron chi connectivity index (χ2n) is 4.18. The number of rotatable bonds is 4. The van der Waals surface area contributed by atoms with Crippen molar-refractivity contribution in [1.82, 2.24) is 4.98 Å². The number of aliphatic hydroxyl groups excluding tert-OH is 1. The van der Waals surface area contributed by atoms with E-state index in [9.17, 15) is 5.11 Å². The van der Waals surface area contributed by atoms with Gasteiger partial charge in [-0.2, -0.15) is 0 Å². The first-order valence-electron chi connectivity index (χ1n) is 5.58. The molecule has 0 bridgehead atoms. The van der Waals surface area contributed by atoms with Crippen LogP contribution in [0.2, 0.25) is 4.34 Å². The molecule has 2 aromatic rings. The quantitative estimate of drug-likeness (QED) is 0.932. The molecule has 0 fully saturated rings. The van der Waals surface area contributed by atoms with Crippen LogP contribution < -0.4 is 4.90 Å². The fourth-order valence-electron chi connectivity index (χ4n) is 1.68. The van der Waals surface area contributed by atoms with E-state index in [0.717, 1.165) is 26.6 Å². The van der Waals surface area contributed by atoms with Crippen LogP contribution in [0.3, 0.4) is 0 Å². The average molecular weight is 303 g/mol. The third kappa shape index (κ3) is 3.03. The summed E-state index contributed by atoms with van der Waals surface area (Å²) in [5.74, 6) is 0. The van der Waals surface area contributed by atoms with Crippen LogP contribution in [0.1, 0.15) is 28.5 Å². The minimum absolute atomic E-state index is 0.458. The number of halogens is 1. The van der Waals surface area contributed by atoms with Crippen LogP contribution in [0.5, 0.6) is 0 Å². The van der Waals surface area contributed by atoms with Crippen LogP contribution in [0.15, 0.2) is 12.1 Å². The van der Waals surface area contributed by atoms with Gasteiger partial charge in [-0.15, -0.1) is 11.3 Å². The summed E-state index contributed by atoms with van der Waals surface area (Å²) < 4.78 is 0.804. The smallest absolute Gasteiger partial charge is 0.185 e. The van der Waals surface area contributed by atoms with E-state index in [-0.39, 0.29) is 0 Å². The molecule has 2 heterocycles. The van der Waals surface area contributed by atoms with Crippen molar-refractivity contribution >= 4 is 39.4 Å². The van der Waals surface area contributed by atoms with Gasteiger partial charge in [0, 0.05) is 11.9 Å². The molecule has 2 rings (SSSR count). The van der Waals surface area contributed by atoms with E-state index < -0.39 is 6.10 Å². The molecule has 0 amide bonds. The molecule has 0 spiro atoms. The molecule has 1 atom stereocenters. The van der Waals surface area contributed by atoms with Crippen molar-refractivity contribution in [2.45, 2.75) is 26.5 Å². The number of aryl methyl sites for hydroxylation is 1. The zero-order valence-electron chi connectivity index (χ0n) is 10.5. The Morgan fingerprint density at radius 2 is 2.17 bits per heavy atom. The molecule has 3 nitrogen and oxygen atoms in total. The fraction of sp³-hybridized carbons (Fsp3) is 0.417. The number of hydrogen-bond acceptors (Lipinski definition) is 5. The Kier molecular flexibility index (Phi) is 4.27. The third-order valence-corrected chi connectivity index (χ3v) is 5.21. The minimum atomic E-state index is -0.458. The van der Waals surface area contributed by atoms with E-state index >= 15 is 0 Å². The molecule has 18 heavy (non-hydrogen) atoms. The van der Waals surface area contributed by atoms with Crippen molar-refractivity contribution in [2.75, 3.05) is 11.9 Å². The molecule has 0 radical (unpaired) electrons. The Morgan fingerprint density at radius 1 is 1.44 bits per heavy atom. The van der Waals surface area contributed by atoms with Crippen molar-refractivity contribution in [2.24, 2.45) is 0 Å². The molecule has 0 aliphatic heterocycles. The molecule has 0 saturated carbocycles. The van der Waals surface area contributed by atoms with Crippen LogP contribution in [0.25, 0.3) is 0 Å². The lowest BCUT2D eigenvalue weighted by Crippen LogP contribution is -2.15. The number of thiazole rings is 1. The van der Waals surface area contributed by atoms with Gasteiger partial charge >= 0.3 is 0 Å². The van der Waals surface area contributed by atoms with Crippen molar-refractivity contribution in [3.05, 3.63) is 31.9 Å².